The second kappa shape index (κ2) is 8.93. The summed E-state index contributed by atoms with van der Waals surface area (Å²) in [7, 11) is 4.66. The number of esters is 1. The van der Waals surface area contributed by atoms with Crippen molar-refractivity contribution in [3.05, 3.63) is 63.6 Å². The molecule has 1 aliphatic rings. The molecule has 0 saturated carbocycles. The van der Waals surface area contributed by atoms with Crippen molar-refractivity contribution in [3.63, 3.8) is 0 Å². The van der Waals surface area contributed by atoms with Gasteiger partial charge in [-0.15, -0.1) is 0 Å². The van der Waals surface area contributed by atoms with E-state index < -0.39 is 0 Å². The highest BCUT2D eigenvalue weighted by Crippen LogP contribution is 2.36. The standard InChI is InChI=1S/C24H26N4O5/c1-13-22(27-20-16-9-7-6-8-15(16)12-18(20)33-14(2)29)28(3)24(30)21(25-13)17-10-11-19(31-4)26-23(17)32-5/h6-11,18,20,27H,12H2,1-5H3/t18-,20-/m0/s1. The number of nitrogens with one attached hydrogen (secondary N) is 1. The van der Waals surface area contributed by atoms with Crippen LogP contribution in [0.3, 0.4) is 0 Å². The second-order valence-corrected chi connectivity index (χ2v) is 7.84. The number of pyridine rings is 1. The van der Waals surface area contributed by atoms with Crippen LogP contribution in [0.15, 0.2) is 41.2 Å². The van der Waals surface area contributed by atoms with Crippen molar-refractivity contribution in [2.45, 2.75) is 32.4 Å². The van der Waals surface area contributed by atoms with Gasteiger partial charge in [-0.2, -0.15) is 4.98 Å². The van der Waals surface area contributed by atoms with Gasteiger partial charge in [-0.3, -0.25) is 14.2 Å². The van der Waals surface area contributed by atoms with Crippen LogP contribution in [-0.2, 0) is 23.0 Å². The molecular formula is C24H26N4O5. The maximum Gasteiger partial charge on any atom is 0.302 e. The summed E-state index contributed by atoms with van der Waals surface area (Å²) in [6, 6.07) is 11.0. The smallest absolute Gasteiger partial charge is 0.302 e. The average Bonchev–Trinajstić information content (AvgIpc) is 3.14. The van der Waals surface area contributed by atoms with Crippen molar-refractivity contribution in [1.82, 2.24) is 14.5 Å². The largest absolute Gasteiger partial charge is 0.481 e. The number of aromatic nitrogens is 3. The van der Waals surface area contributed by atoms with Crippen molar-refractivity contribution >= 4 is 11.8 Å². The summed E-state index contributed by atoms with van der Waals surface area (Å²) < 4.78 is 17.6. The lowest BCUT2D eigenvalue weighted by Gasteiger charge is -2.25. The van der Waals surface area contributed by atoms with Gasteiger partial charge in [0.1, 0.15) is 17.6 Å². The van der Waals surface area contributed by atoms with Gasteiger partial charge in [0.2, 0.25) is 11.8 Å². The second-order valence-electron chi connectivity index (χ2n) is 7.84. The Bertz CT molecular complexity index is 1270. The number of anilines is 1. The number of benzene rings is 1. The van der Waals surface area contributed by atoms with Crippen LogP contribution in [0.1, 0.15) is 29.8 Å². The van der Waals surface area contributed by atoms with Crippen LogP contribution in [0.4, 0.5) is 5.82 Å². The summed E-state index contributed by atoms with van der Waals surface area (Å²) in [4.78, 5) is 33.8. The Kier molecular flexibility index (Phi) is 6.04. The van der Waals surface area contributed by atoms with E-state index in [4.69, 9.17) is 14.2 Å². The summed E-state index contributed by atoms with van der Waals surface area (Å²) in [5.41, 5.74) is 3.11. The fourth-order valence-corrected chi connectivity index (χ4v) is 4.22. The number of methoxy groups -OCH3 is 2. The van der Waals surface area contributed by atoms with Gasteiger partial charge in [0.25, 0.3) is 5.56 Å². The van der Waals surface area contributed by atoms with Gasteiger partial charge < -0.3 is 19.5 Å². The van der Waals surface area contributed by atoms with Crippen molar-refractivity contribution < 1.29 is 19.0 Å². The molecule has 0 aliphatic heterocycles. The first-order valence-electron chi connectivity index (χ1n) is 10.5. The summed E-state index contributed by atoms with van der Waals surface area (Å²) in [5.74, 6) is 0.818. The Labute approximate surface area is 191 Å². The quantitative estimate of drug-likeness (QED) is 0.572. The fourth-order valence-electron chi connectivity index (χ4n) is 4.22. The van der Waals surface area contributed by atoms with Crippen LogP contribution >= 0.6 is 0 Å². The third-order valence-corrected chi connectivity index (χ3v) is 5.75. The predicted molar refractivity (Wildman–Crippen MR) is 123 cm³/mol. The van der Waals surface area contributed by atoms with E-state index in [2.05, 4.69) is 15.3 Å². The normalized spacial score (nSPS) is 16.8. The first-order chi connectivity index (χ1) is 15.8. The molecule has 2 aromatic heterocycles. The molecule has 0 amide bonds. The number of rotatable bonds is 6. The van der Waals surface area contributed by atoms with Crippen molar-refractivity contribution in [2.24, 2.45) is 7.05 Å². The SMILES string of the molecule is COc1ccc(-c2nc(C)c(N[C@H]3c4ccccc4C[C@@H]3OC(C)=O)n(C)c2=O)c(OC)n1. The number of carbonyl (C=O) groups is 1. The van der Waals surface area contributed by atoms with Crippen LogP contribution in [0.5, 0.6) is 11.8 Å². The molecule has 0 radical (unpaired) electrons. The predicted octanol–water partition coefficient (Wildman–Crippen LogP) is 2.81. The Hall–Kier alpha value is -3.88. The van der Waals surface area contributed by atoms with Crippen LogP contribution in [0, 0.1) is 6.92 Å². The molecule has 1 N–H and O–H groups in total. The Morgan fingerprint density at radius 1 is 1.12 bits per heavy atom. The van der Waals surface area contributed by atoms with E-state index in [0.29, 0.717) is 29.4 Å². The molecule has 9 nitrogen and oxygen atoms in total. The van der Waals surface area contributed by atoms with E-state index in [1.165, 1.54) is 25.7 Å². The molecule has 0 saturated heterocycles. The molecule has 0 fully saturated rings. The van der Waals surface area contributed by atoms with Gasteiger partial charge in [-0.25, -0.2) is 4.98 Å². The molecule has 0 bridgehead atoms. The molecule has 1 aliphatic carbocycles. The zero-order valence-electron chi connectivity index (χ0n) is 19.2. The van der Waals surface area contributed by atoms with E-state index in [1.807, 2.05) is 31.2 Å². The van der Waals surface area contributed by atoms with Gasteiger partial charge >= 0.3 is 5.97 Å². The molecule has 4 rings (SSSR count). The number of hydrogen-bond donors (Lipinski definition) is 1. The summed E-state index contributed by atoms with van der Waals surface area (Å²) in [6.07, 6.45) is 0.209. The Morgan fingerprint density at radius 3 is 2.58 bits per heavy atom. The third kappa shape index (κ3) is 4.13. The van der Waals surface area contributed by atoms with Gasteiger partial charge in [-0.1, -0.05) is 24.3 Å². The highest BCUT2D eigenvalue weighted by Gasteiger charge is 2.35. The molecule has 172 valence electrons. The average molecular weight is 450 g/mol. The molecule has 0 unspecified atom stereocenters. The molecule has 9 heteroatoms. The van der Waals surface area contributed by atoms with Gasteiger partial charge in [0.15, 0.2) is 0 Å². The number of nitrogens with zero attached hydrogens (tertiary/aromatic N) is 3. The number of carbonyl (C=O) groups excluding carboxylic acids is 1. The molecule has 2 atom stereocenters. The first-order valence-corrected chi connectivity index (χ1v) is 10.5. The zero-order valence-corrected chi connectivity index (χ0v) is 19.2. The van der Waals surface area contributed by atoms with E-state index in [0.717, 1.165) is 11.1 Å². The van der Waals surface area contributed by atoms with Crippen LogP contribution in [0.2, 0.25) is 0 Å². The number of aryl methyl sites for hydroxylation is 1. The zero-order chi connectivity index (χ0) is 23.7. The fraction of sp³-hybridized carbons (Fsp3) is 0.333. The molecule has 1 aromatic carbocycles. The maximum atomic E-state index is 13.3. The lowest BCUT2D eigenvalue weighted by atomic mass is 10.1. The van der Waals surface area contributed by atoms with Crippen molar-refractivity contribution in [1.29, 1.82) is 0 Å². The number of ether oxygens (including phenoxy) is 3. The van der Waals surface area contributed by atoms with E-state index >= 15 is 0 Å². The molecule has 2 heterocycles. The molecule has 33 heavy (non-hydrogen) atoms. The minimum atomic E-state index is -0.389. The van der Waals surface area contributed by atoms with E-state index in [9.17, 15) is 9.59 Å². The lowest BCUT2D eigenvalue weighted by molar-refractivity contribution is -0.146. The van der Waals surface area contributed by atoms with Gasteiger partial charge in [0.05, 0.1) is 31.5 Å². The first kappa shape index (κ1) is 22.3. The monoisotopic (exact) mass is 450 g/mol. The third-order valence-electron chi connectivity index (χ3n) is 5.75. The number of fused-ring (bicyclic) bond motifs is 1. The van der Waals surface area contributed by atoms with Crippen LogP contribution in [-0.4, -0.2) is 40.8 Å². The van der Waals surface area contributed by atoms with E-state index in [1.54, 1.807) is 19.2 Å². The summed E-state index contributed by atoms with van der Waals surface area (Å²) >= 11 is 0. The maximum absolute atomic E-state index is 13.3. The Balaban J connectivity index is 1.76. The highest BCUT2D eigenvalue weighted by molar-refractivity contribution is 5.67. The number of hydrogen-bond acceptors (Lipinski definition) is 8. The van der Waals surface area contributed by atoms with Crippen LogP contribution in [0.25, 0.3) is 11.3 Å². The minimum absolute atomic E-state index is 0.218. The molecular weight excluding hydrogens is 424 g/mol. The van der Waals surface area contributed by atoms with Crippen LogP contribution < -0.4 is 20.3 Å². The van der Waals surface area contributed by atoms with Gasteiger partial charge in [0, 0.05) is 26.5 Å². The summed E-state index contributed by atoms with van der Waals surface area (Å²) in [5, 5.41) is 3.41. The lowest BCUT2D eigenvalue weighted by Crippen LogP contribution is -2.31. The Morgan fingerprint density at radius 2 is 1.88 bits per heavy atom. The molecule has 3 aromatic rings. The summed E-state index contributed by atoms with van der Waals surface area (Å²) in [6.45, 7) is 3.21. The van der Waals surface area contributed by atoms with Crippen molar-refractivity contribution in [2.75, 3.05) is 19.5 Å². The van der Waals surface area contributed by atoms with Gasteiger partial charge in [-0.05, 0) is 24.1 Å². The highest BCUT2D eigenvalue weighted by atomic mass is 16.5. The minimum Gasteiger partial charge on any atom is -0.481 e. The van der Waals surface area contributed by atoms with E-state index in [-0.39, 0.29) is 35.2 Å². The van der Waals surface area contributed by atoms with Crippen molar-refractivity contribution in [3.8, 4) is 23.0 Å². The molecule has 0 spiro atoms. The topological polar surface area (TPSA) is 105 Å².